The second kappa shape index (κ2) is 6.66. The van der Waals surface area contributed by atoms with Crippen molar-refractivity contribution in [2.45, 2.75) is 46.5 Å². The summed E-state index contributed by atoms with van der Waals surface area (Å²) < 4.78 is 0. The van der Waals surface area contributed by atoms with Gasteiger partial charge in [0, 0.05) is 0 Å². The molecule has 0 aromatic rings. The third-order valence-electron chi connectivity index (χ3n) is 2.68. The lowest BCUT2D eigenvalue weighted by Crippen LogP contribution is -2.22. The molecule has 0 saturated heterocycles. The highest BCUT2D eigenvalue weighted by Gasteiger charge is 2.15. The maximum Gasteiger partial charge on any atom is -0.00462 e. The summed E-state index contributed by atoms with van der Waals surface area (Å²) >= 11 is 0. The zero-order valence-electron chi connectivity index (χ0n) is 8.27. The standard InChI is InChI=1S/C10H23N/c1-4-7-10(8-11)9(5-2)6-3/h9-10H,4-8,11H2,1-3H3. The van der Waals surface area contributed by atoms with Crippen LogP contribution in [0.3, 0.4) is 0 Å². The van der Waals surface area contributed by atoms with E-state index in [-0.39, 0.29) is 0 Å². The second-order valence-electron chi connectivity index (χ2n) is 3.36. The van der Waals surface area contributed by atoms with Gasteiger partial charge in [-0.3, -0.25) is 0 Å². The van der Waals surface area contributed by atoms with E-state index in [4.69, 9.17) is 5.73 Å². The van der Waals surface area contributed by atoms with Crippen LogP contribution in [0.2, 0.25) is 0 Å². The minimum absolute atomic E-state index is 0.773. The lowest BCUT2D eigenvalue weighted by molar-refractivity contribution is 0.300. The third-order valence-corrected chi connectivity index (χ3v) is 2.68. The minimum Gasteiger partial charge on any atom is -0.330 e. The first-order valence-electron chi connectivity index (χ1n) is 5.00. The zero-order valence-corrected chi connectivity index (χ0v) is 8.27. The Labute approximate surface area is 71.4 Å². The van der Waals surface area contributed by atoms with E-state index < -0.39 is 0 Å². The Morgan fingerprint density at radius 1 is 1.00 bits per heavy atom. The molecular weight excluding hydrogens is 134 g/mol. The molecule has 2 N–H and O–H groups in total. The Hall–Kier alpha value is -0.0400. The molecular formula is C10H23N. The van der Waals surface area contributed by atoms with Gasteiger partial charge in [-0.1, -0.05) is 40.0 Å². The van der Waals surface area contributed by atoms with Crippen LogP contribution >= 0.6 is 0 Å². The van der Waals surface area contributed by atoms with Crippen LogP contribution in [0.1, 0.15) is 46.5 Å². The van der Waals surface area contributed by atoms with Crippen molar-refractivity contribution in [1.82, 2.24) is 0 Å². The van der Waals surface area contributed by atoms with E-state index in [1.165, 1.54) is 25.7 Å². The molecule has 0 radical (unpaired) electrons. The van der Waals surface area contributed by atoms with Crippen molar-refractivity contribution in [3.8, 4) is 0 Å². The highest BCUT2D eigenvalue weighted by molar-refractivity contribution is 4.68. The molecule has 0 saturated carbocycles. The van der Waals surface area contributed by atoms with Gasteiger partial charge in [0.1, 0.15) is 0 Å². The van der Waals surface area contributed by atoms with Gasteiger partial charge >= 0.3 is 0 Å². The normalized spacial score (nSPS) is 13.9. The summed E-state index contributed by atoms with van der Waals surface area (Å²) in [5.74, 6) is 1.63. The quantitative estimate of drug-likeness (QED) is 0.630. The molecule has 0 aliphatic rings. The lowest BCUT2D eigenvalue weighted by Gasteiger charge is -2.23. The third kappa shape index (κ3) is 3.76. The van der Waals surface area contributed by atoms with Crippen LogP contribution in [0.15, 0.2) is 0 Å². The maximum absolute atomic E-state index is 5.71. The highest BCUT2D eigenvalue weighted by atomic mass is 14.6. The van der Waals surface area contributed by atoms with Crippen LogP contribution in [0, 0.1) is 11.8 Å². The highest BCUT2D eigenvalue weighted by Crippen LogP contribution is 2.22. The molecule has 0 aliphatic heterocycles. The fourth-order valence-corrected chi connectivity index (χ4v) is 1.87. The molecule has 0 aromatic heterocycles. The molecule has 0 heterocycles. The van der Waals surface area contributed by atoms with E-state index in [9.17, 15) is 0 Å². The Balaban J connectivity index is 3.76. The summed E-state index contributed by atoms with van der Waals surface area (Å²) in [6.07, 6.45) is 5.16. The fourth-order valence-electron chi connectivity index (χ4n) is 1.87. The van der Waals surface area contributed by atoms with Crippen LogP contribution in [-0.2, 0) is 0 Å². The zero-order chi connectivity index (χ0) is 8.69. The van der Waals surface area contributed by atoms with Crippen molar-refractivity contribution in [2.24, 2.45) is 17.6 Å². The van der Waals surface area contributed by atoms with Crippen LogP contribution in [0.4, 0.5) is 0 Å². The van der Waals surface area contributed by atoms with Gasteiger partial charge in [0.2, 0.25) is 0 Å². The summed E-state index contributed by atoms with van der Waals surface area (Å²) in [5.41, 5.74) is 5.71. The molecule has 0 aromatic carbocycles. The molecule has 0 aliphatic carbocycles. The Morgan fingerprint density at radius 2 is 1.55 bits per heavy atom. The molecule has 0 rings (SSSR count). The van der Waals surface area contributed by atoms with E-state index in [0.717, 1.165) is 18.4 Å². The molecule has 1 heteroatoms. The van der Waals surface area contributed by atoms with Crippen LogP contribution in [0.25, 0.3) is 0 Å². The maximum atomic E-state index is 5.71. The summed E-state index contributed by atoms with van der Waals surface area (Å²) in [4.78, 5) is 0. The van der Waals surface area contributed by atoms with E-state index in [2.05, 4.69) is 20.8 Å². The largest absolute Gasteiger partial charge is 0.330 e. The molecule has 68 valence electrons. The molecule has 0 bridgehead atoms. The summed E-state index contributed by atoms with van der Waals surface area (Å²) in [7, 11) is 0. The summed E-state index contributed by atoms with van der Waals surface area (Å²) in [6.45, 7) is 7.66. The number of hydrogen-bond acceptors (Lipinski definition) is 1. The lowest BCUT2D eigenvalue weighted by atomic mass is 9.85. The van der Waals surface area contributed by atoms with Crippen LogP contribution in [0.5, 0.6) is 0 Å². The van der Waals surface area contributed by atoms with Crippen molar-refractivity contribution >= 4 is 0 Å². The second-order valence-corrected chi connectivity index (χ2v) is 3.36. The SMILES string of the molecule is CCCC(CN)C(CC)CC. The van der Waals surface area contributed by atoms with Gasteiger partial charge in [-0.25, -0.2) is 0 Å². The average molecular weight is 157 g/mol. The Bertz CT molecular complexity index is 76.9. The van der Waals surface area contributed by atoms with Crippen molar-refractivity contribution in [1.29, 1.82) is 0 Å². The van der Waals surface area contributed by atoms with Crippen molar-refractivity contribution in [3.05, 3.63) is 0 Å². The average Bonchev–Trinajstić information content (AvgIpc) is 2.05. The monoisotopic (exact) mass is 157 g/mol. The minimum atomic E-state index is 0.773. The van der Waals surface area contributed by atoms with E-state index in [0.29, 0.717) is 0 Å². The predicted molar refractivity (Wildman–Crippen MR) is 51.5 cm³/mol. The first-order chi connectivity index (χ1) is 5.29. The number of rotatable bonds is 6. The van der Waals surface area contributed by atoms with Gasteiger partial charge in [-0.2, -0.15) is 0 Å². The van der Waals surface area contributed by atoms with Crippen molar-refractivity contribution in [3.63, 3.8) is 0 Å². The van der Waals surface area contributed by atoms with E-state index in [1.807, 2.05) is 0 Å². The molecule has 1 nitrogen and oxygen atoms in total. The van der Waals surface area contributed by atoms with Gasteiger partial charge in [-0.15, -0.1) is 0 Å². The smallest absolute Gasteiger partial charge is 0.00462 e. The molecule has 0 amide bonds. The van der Waals surface area contributed by atoms with E-state index in [1.54, 1.807) is 0 Å². The van der Waals surface area contributed by atoms with Gasteiger partial charge in [0.25, 0.3) is 0 Å². The predicted octanol–water partition coefficient (Wildman–Crippen LogP) is 2.80. The van der Waals surface area contributed by atoms with Gasteiger partial charge in [0.15, 0.2) is 0 Å². The van der Waals surface area contributed by atoms with Gasteiger partial charge < -0.3 is 5.73 Å². The van der Waals surface area contributed by atoms with Gasteiger partial charge in [-0.05, 0) is 24.8 Å². The van der Waals surface area contributed by atoms with Crippen molar-refractivity contribution < 1.29 is 0 Å². The number of hydrogen-bond donors (Lipinski definition) is 1. The molecule has 0 spiro atoms. The molecule has 11 heavy (non-hydrogen) atoms. The molecule has 0 fully saturated rings. The Kier molecular flexibility index (Phi) is 6.63. The molecule has 1 unspecified atom stereocenters. The first-order valence-corrected chi connectivity index (χ1v) is 5.00. The van der Waals surface area contributed by atoms with E-state index >= 15 is 0 Å². The molecule has 1 atom stereocenters. The first kappa shape index (κ1) is 11.0. The topological polar surface area (TPSA) is 26.0 Å². The van der Waals surface area contributed by atoms with Crippen LogP contribution < -0.4 is 5.73 Å². The Morgan fingerprint density at radius 3 is 1.82 bits per heavy atom. The number of nitrogens with two attached hydrogens (primary N) is 1. The summed E-state index contributed by atoms with van der Waals surface area (Å²) in [6, 6.07) is 0. The fraction of sp³-hybridized carbons (Fsp3) is 1.00. The summed E-state index contributed by atoms with van der Waals surface area (Å²) in [5, 5.41) is 0. The van der Waals surface area contributed by atoms with Gasteiger partial charge in [0.05, 0.1) is 0 Å². The van der Waals surface area contributed by atoms with Crippen molar-refractivity contribution in [2.75, 3.05) is 6.54 Å². The van der Waals surface area contributed by atoms with Crippen LogP contribution in [-0.4, -0.2) is 6.54 Å².